The molecule has 0 saturated carbocycles. The second-order valence-corrected chi connectivity index (χ2v) is 4.72. The van der Waals surface area contributed by atoms with Crippen LogP contribution in [-0.4, -0.2) is 31.5 Å². The first-order chi connectivity index (χ1) is 10.6. The third kappa shape index (κ3) is 4.50. The molecule has 0 amide bonds. The van der Waals surface area contributed by atoms with Crippen molar-refractivity contribution in [2.24, 2.45) is 0 Å². The molecular weight excluding hydrogens is 332 g/mol. The van der Waals surface area contributed by atoms with Gasteiger partial charge in [-0.2, -0.15) is 26.3 Å². The molecule has 1 heterocycles. The Morgan fingerprint density at radius 1 is 1.22 bits per heavy atom. The molecule has 2 rings (SSSR count). The lowest BCUT2D eigenvalue weighted by Gasteiger charge is -2.28. The van der Waals surface area contributed by atoms with Gasteiger partial charge in [0.15, 0.2) is 12.8 Å². The molecule has 0 fully saturated rings. The predicted molar refractivity (Wildman–Crippen MR) is 64.6 cm³/mol. The smallest absolute Gasteiger partial charge is 0.484 e. The predicted octanol–water partition coefficient (Wildman–Crippen LogP) is 2.88. The monoisotopic (exact) mass is 343 g/mol. The van der Waals surface area contributed by atoms with Crippen LogP contribution in [-0.2, 0) is 16.0 Å². The Hall–Kier alpha value is -1.97. The average Bonchev–Trinajstić information content (AvgIpc) is 2.43. The van der Waals surface area contributed by atoms with E-state index < -0.39 is 31.2 Å². The van der Waals surface area contributed by atoms with Crippen molar-refractivity contribution in [3.63, 3.8) is 0 Å². The van der Waals surface area contributed by atoms with Crippen molar-refractivity contribution in [2.75, 3.05) is 13.2 Å². The molecule has 1 aromatic carbocycles. The number of fused-ring (bicyclic) bond motifs is 1. The molecule has 0 aromatic heterocycles. The van der Waals surface area contributed by atoms with E-state index in [2.05, 4.69) is 14.8 Å². The summed E-state index contributed by atoms with van der Waals surface area (Å²) in [7, 11) is 0. The summed E-state index contributed by atoms with van der Waals surface area (Å²) in [6, 6.07) is 3.95. The van der Waals surface area contributed by atoms with Gasteiger partial charge in [0.2, 0.25) is 0 Å². The number of carbonyl (C=O) groups is 1. The maximum atomic E-state index is 12.3. The van der Waals surface area contributed by atoms with E-state index in [-0.39, 0.29) is 29.8 Å². The molecule has 1 atom stereocenters. The zero-order chi connectivity index (χ0) is 17.3. The summed E-state index contributed by atoms with van der Waals surface area (Å²) >= 11 is 0. The number of ether oxygens (including phenoxy) is 2. The minimum absolute atomic E-state index is 0.102. The lowest BCUT2D eigenvalue weighted by molar-refractivity contribution is -0.207. The van der Waals surface area contributed by atoms with Crippen LogP contribution in [0.3, 0.4) is 0 Å². The van der Waals surface area contributed by atoms with E-state index in [0.717, 1.165) is 0 Å². The summed E-state index contributed by atoms with van der Waals surface area (Å²) in [6.07, 6.45) is -10.9. The summed E-state index contributed by atoms with van der Waals surface area (Å²) in [5.74, 6) is -2.49. The standard InChI is InChI=1S/C13H11F6NO3/c14-12(15,16)6-22-9-3-1-2-8-7(9)4-5-20-10(8)23-11(21)13(17,18)19/h1-3,10,20H,4-6H2. The Morgan fingerprint density at radius 2 is 1.91 bits per heavy atom. The zero-order valence-electron chi connectivity index (χ0n) is 11.4. The number of hydrogen-bond acceptors (Lipinski definition) is 4. The Bertz CT molecular complexity index is 584. The van der Waals surface area contributed by atoms with Crippen LogP contribution in [0, 0.1) is 0 Å². The van der Waals surface area contributed by atoms with Gasteiger partial charge in [-0.1, -0.05) is 12.1 Å². The van der Waals surface area contributed by atoms with Gasteiger partial charge in [0.25, 0.3) is 0 Å². The molecule has 0 aliphatic carbocycles. The second-order valence-electron chi connectivity index (χ2n) is 4.72. The van der Waals surface area contributed by atoms with Gasteiger partial charge in [-0.25, -0.2) is 4.79 Å². The number of benzene rings is 1. The van der Waals surface area contributed by atoms with Crippen LogP contribution >= 0.6 is 0 Å². The highest BCUT2D eigenvalue weighted by Crippen LogP contribution is 2.33. The van der Waals surface area contributed by atoms with Gasteiger partial charge >= 0.3 is 18.3 Å². The van der Waals surface area contributed by atoms with Gasteiger partial charge in [0, 0.05) is 17.7 Å². The largest absolute Gasteiger partial charge is 0.490 e. The van der Waals surface area contributed by atoms with Crippen molar-refractivity contribution >= 4 is 5.97 Å². The molecular formula is C13H11F6NO3. The SMILES string of the molecule is O=C(OC1NCCc2c(OCC(F)(F)F)cccc21)C(F)(F)F. The summed E-state index contributed by atoms with van der Waals surface area (Å²) in [4.78, 5) is 10.9. The number of rotatable bonds is 3. The lowest BCUT2D eigenvalue weighted by atomic mass is 9.98. The maximum Gasteiger partial charge on any atom is 0.490 e. The molecule has 0 saturated heterocycles. The second kappa shape index (κ2) is 6.26. The van der Waals surface area contributed by atoms with Gasteiger partial charge in [-0.05, 0) is 12.5 Å². The maximum absolute atomic E-state index is 12.3. The normalized spacial score (nSPS) is 18.3. The van der Waals surface area contributed by atoms with Crippen molar-refractivity contribution in [2.45, 2.75) is 25.0 Å². The first-order valence-corrected chi connectivity index (χ1v) is 6.40. The minimum atomic E-state index is -5.16. The Morgan fingerprint density at radius 3 is 2.52 bits per heavy atom. The molecule has 1 aliphatic rings. The molecule has 23 heavy (non-hydrogen) atoms. The van der Waals surface area contributed by atoms with Crippen LogP contribution in [0.15, 0.2) is 18.2 Å². The van der Waals surface area contributed by atoms with Crippen molar-refractivity contribution < 1.29 is 40.6 Å². The average molecular weight is 343 g/mol. The molecule has 4 nitrogen and oxygen atoms in total. The Labute approximate surface area is 126 Å². The quantitative estimate of drug-likeness (QED) is 0.677. The van der Waals surface area contributed by atoms with Gasteiger partial charge in [0.1, 0.15) is 5.75 Å². The fourth-order valence-corrected chi connectivity index (χ4v) is 2.11. The molecule has 1 N–H and O–H groups in total. The van der Waals surface area contributed by atoms with Gasteiger partial charge in [-0.3, -0.25) is 5.32 Å². The van der Waals surface area contributed by atoms with Crippen molar-refractivity contribution in [3.8, 4) is 5.75 Å². The van der Waals surface area contributed by atoms with Crippen LogP contribution in [0.25, 0.3) is 0 Å². The van der Waals surface area contributed by atoms with Gasteiger partial charge in [0.05, 0.1) is 0 Å². The Kier molecular flexibility index (Phi) is 4.73. The molecule has 0 radical (unpaired) electrons. The molecule has 1 unspecified atom stereocenters. The Balaban J connectivity index is 2.21. The number of nitrogens with one attached hydrogen (secondary N) is 1. The highest BCUT2D eigenvalue weighted by atomic mass is 19.4. The number of carbonyl (C=O) groups excluding carboxylic acids is 1. The van der Waals surface area contributed by atoms with Crippen LogP contribution in [0.1, 0.15) is 17.4 Å². The van der Waals surface area contributed by atoms with E-state index in [1.165, 1.54) is 18.2 Å². The summed E-state index contributed by atoms with van der Waals surface area (Å²) in [6.45, 7) is -1.40. The highest BCUT2D eigenvalue weighted by molar-refractivity contribution is 5.76. The van der Waals surface area contributed by atoms with E-state index >= 15 is 0 Å². The number of alkyl halides is 6. The van der Waals surface area contributed by atoms with Gasteiger partial charge in [-0.15, -0.1) is 0 Å². The summed E-state index contributed by atoms with van der Waals surface area (Å²) in [5, 5.41) is 2.56. The van der Waals surface area contributed by atoms with E-state index in [0.29, 0.717) is 0 Å². The summed E-state index contributed by atoms with van der Waals surface area (Å²) < 4.78 is 82.4. The molecule has 128 valence electrons. The zero-order valence-corrected chi connectivity index (χ0v) is 11.4. The molecule has 1 aliphatic heterocycles. The highest BCUT2D eigenvalue weighted by Gasteiger charge is 2.43. The van der Waals surface area contributed by atoms with Crippen LogP contribution in [0.4, 0.5) is 26.3 Å². The lowest BCUT2D eigenvalue weighted by Crippen LogP contribution is -2.37. The van der Waals surface area contributed by atoms with Crippen molar-refractivity contribution in [1.82, 2.24) is 5.32 Å². The van der Waals surface area contributed by atoms with E-state index in [1.54, 1.807) is 0 Å². The molecule has 10 heteroatoms. The number of halogens is 6. The summed E-state index contributed by atoms with van der Waals surface area (Å²) in [5.41, 5.74) is 0.406. The molecule has 1 aromatic rings. The van der Waals surface area contributed by atoms with E-state index in [1.807, 2.05) is 0 Å². The van der Waals surface area contributed by atoms with Crippen molar-refractivity contribution in [1.29, 1.82) is 0 Å². The third-order valence-electron chi connectivity index (χ3n) is 3.00. The van der Waals surface area contributed by atoms with Crippen LogP contribution in [0.5, 0.6) is 5.75 Å². The molecule has 0 bridgehead atoms. The third-order valence-corrected chi connectivity index (χ3v) is 3.00. The van der Waals surface area contributed by atoms with Crippen molar-refractivity contribution in [3.05, 3.63) is 29.3 Å². The topological polar surface area (TPSA) is 47.6 Å². The van der Waals surface area contributed by atoms with Crippen LogP contribution in [0.2, 0.25) is 0 Å². The van der Waals surface area contributed by atoms with Crippen LogP contribution < -0.4 is 10.1 Å². The van der Waals surface area contributed by atoms with E-state index in [9.17, 15) is 31.1 Å². The first-order valence-electron chi connectivity index (χ1n) is 6.40. The fourth-order valence-electron chi connectivity index (χ4n) is 2.11. The minimum Gasteiger partial charge on any atom is -0.484 e. The first kappa shape index (κ1) is 17.4. The number of esters is 1. The number of hydrogen-bond donors (Lipinski definition) is 1. The molecule has 0 spiro atoms. The van der Waals surface area contributed by atoms with Gasteiger partial charge < -0.3 is 9.47 Å². The fraction of sp³-hybridized carbons (Fsp3) is 0.462. The van der Waals surface area contributed by atoms with E-state index in [4.69, 9.17) is 0 Å².